The first-order chi connectivity index (χ1) is 14.1. The quantitative estimate of drug-likeness (QED) is 0.844. The molecule has 2 saturated heterocycles. The molecule has 2 aliphatic heterocycles. The van der Waals surface area contributed by atoms with Gasteiger partial charge in [0.25, 0.3) is 5.91 Å². The third kappa shape index (κ3) is 4.34. The summed E-state index contributed by atoms with van der Waals surface area (Å²) < 4.78 is 5.16. The molecule has 1 aromatic carbocycles. The second kappa shape index (κ2) is 8.51. The fourth-order valence-corrected chi connectivity index (χ4v) is 3.95. The smallest absolute Gasteiger partial charge is 0.289 e. The lowest BCUT2D eigenvalue weighted by Crippen LogP contribution is -2.42. The third-order valence-electron chi connectivity index (χ3n) is 5.67. The van der Waals surface area contributed by atoms with Gasteiger partial charge in [0.15, 0.2) is 5.76 Å². The zero-order valence-corrected chi connectivity index (χ0v) is 16.3. The van der Waals surface area contributed by atoms with E-state index in [9.17, 15) is 14.4 Å². The van der Waals surface area contributed by atoms with Gasteiger partial charge in [-0.1, -0.05) is 12.1 Å². The Morgan fingerprint density at radius 3 is 2.45 bits per heavy atom. The van der Waals surface area contributed by atoms with Gasteiger partial charge in [0.1, 0.15) is 0 Å². The fourth-order valence-electron chi connectivity index (χ4n) is 3.95. The number of hydrogen-bond acceptors (Lipinski definition) is 4. The van der Waals surface area contributed by atoms with Crippen molar-refractivity contribution in [1.82, 2.24) is 10.2 Å². The molecule has 2 aliphatic rings. The van der Waals surface area contributed by atoms with Gasteiger partial charge in [-0.05, 0) is 49.1 Å². The molecule has 29 heavy (non-hydrogen) atoms. The Kier molecular flexibility index (Phi) is 5.64. The molecule has 3 amide bonds. The molecule has 3 heterocycles. The van der Waals surface area contributed by atoms with Crippen molar-refractivity contribution in [3.63, 3.8) is 0 Å². The van der Waals surface area contributed by atoms with Crippen molar-refractivity contribution >= 4 is 23.4 Å². The van der Waals surface area contributed by atoms with Gasteiger partial charge < -0.3 is 19.5 Å². The first-order valence-corrected chi connectivity index (χ1v) is 10.1. The Morgan fingerprint density at radius 1 is 1.07 bits per heavy atom. The van der Waals surface area contributed by atoms with Gasteiger partial charge in [0.05, 0.1) is 6.26 Å². The maximum atomic E-state index is 12.5. The van der Waals surface area contributed by atoms with Gasteiger partial charge in [0.2, 0.25) is 11.8 Å². The summed E-state index contributed by atoms with van der Waals surface area (Å²) in [6.45, 7) is 2.33. The van der Waals surface area contributed by atoms with Crippen LogP contribution in [-0.4, -0.2) is 42.3 Å². The predicted octanol–water partition coefficient (Wildman–Crippen LogP) is 2.58. The molecule has 0 atom stereocenters. The van der Waals surface area contributed by atoms with E-state index in [-0.39, 0.29) is 23.6 Å². The standard InChI is InChI=1S/C22H25N3O4/c26-20-4-1-11-25(20)18-7-5-16(6-8-18)15-23-21(27)17-9-12-24(13-10-17)22(28)19-3-2-14-29-19/h2-3,5-8,14,17H,1,4,9-13,15H2,(H,23,27). The number of hydrogen-bond donors (Lipinski definition) is 1. The highest BCUT2D eigenvalue weighted by Gasteiger charge is 2.28. The summed E-state index contributed by atoms with van der Waals surface area (Å²) in [6, 6.07) is 11.1. The SMILES string of the molecule is O=C(NCc1ccc(N2CCCC2=O)cc1)C1CCN(C(=O)c2ccco2)CC1. The van der Waals surface area contributed by atoms with Gasteiger partial charge in [-0.15, -0.1) is 0 Å². The molecular formula is C22H25N3O4. The van der Waals surface area contributed by atoms with E-state index in [0.29, 0.717) is 44.7 Å². The molecule has 0 radical (unpaired) electrons. The minimum absolute atomic E-state index is 0.0221. The molecule has 2 fully saturated rings. The number of nitrogens with zero attached hydrogens (tertiary/aromatic N) is 2. The van der Waals surface area contributed by atoms with Crippen molar-refractivity contribution in [3.8, 4) is 0 Å². The first-order valence-electron chi connectivity index (χ1n) is 10.1. The Bertz CT molecular complexity index is 868. The predicted molar refractivity (Wildman–Crippen MR) is 107 cm³/mol. The average molecular weight is 395 g/mol. The van der Waals surface area contributed by atoms with Crippen LogP contribution in [0.2, 0.25) is 0 Å². The highest BCUT2D eigenvalue weighted by molar-refractivity contribution is 5.95. The maximum absolute atomic E-state index is 12.5. The topological polar surface area (TPSA) is 82.9 Å². The molecule has 1 aromatic heterocycles. The summed E-state index contributed by atoms with van der Waals surface area (Å²) in [5, 5.41) is 3.00. The maximum Gasteiger partial charge on any atom is 0.289 e. The van der Waals surface area contributed by atoms with Crippen LogP contribution in [0.15, 0.2) is 47.1 Å². The second-order valence-electron chi connectivity index (χ2n) is 7.58. The van der Waals surface area contributed by atoms with Crippen LogP contribution in [0, 0.1) is 5.92 Å². The zero-order valence-electron chi connectivity index (χ0n) is 16.3. The van der Waals surface area contributed by atoms with E-state index in [1.54, 1.807) is 21.9 Å². The van der Waals surface area contributed by atoms with E-state index in [4.69, 9.17) is 4.42 Å². The largest absolute Gasteiger partial charge is 0.459 e. The van der Waals surface area contributed by atoms with Crippen molar-refractivity contribution in [3.05, 3.63) is 54.0 Å². The van der Waals surface area contributed by atoms with Crippen LogP contribution in [0.5, 0.6) is 0 Å². The number of piperidine rings is 1. The third-order valence-corrected chi connectivity index (χ3v) is 5.67. The summed E-state index contributed by atoms with van der Waals surface area (Å²) in [4.78, 5) is 40.2. The fraction of sp³-hybridized carbons (Fsp3) is 0.409. The zero-order chi connectivity index (χ0) is 20.2. The van der Waals surface area contributed by atoms with Crippen molar-refractivity contribution in [2.24, 2.45) is 5.92 Å². The molecule has 7 nitrogen and oxygen atoms in total. The van der Waals surface area contributed by atoms with Crippen molar-refractivity contribution in [2.45, 2.75) is 32.2 Å². The van der Waals surface area contributed by atoms with E-state index in [1.165, 1.54) is 6.26 Å². The number of furan rings is 1. The normalized spacial score (nSPS) is 17.6. The summed E-state index contributed by atoms with van der Waals surface area (Å²) in [5.74, 6) is 0.325. The van der Waals surface area contributed by atoms with Gasteiger partial charge in [-0.25, -0.2) is 0 Å². The van der Waals surface area contributed by atoms with E-state index >= 15 is 0 Å². The van der Waals surface area contributed by atoms with E-state index in [1.807, 2.05) is 24.3 Å². The van der Waals surface area contributed by atoms with Crippen molar-refractivity contribution in [2.75, 3.05) is 24.5 Å². The van der Waals surface area contributed by atoms with Crippen LogP contribution in [0.25, 0.3) is 0 Å². The monoisotopic (exact) mass is 395 g/mol. The molecule has 1 N–H and O–H groups in total. The van der Waals surface area contributed by atoms with Crippen LogP contribution >= 0.6 is 0 Å². The summed E-state index contributed by atoms with van der Waals surface area (Å²) in [5.41, 5.74) is 1.91. The molecule has 7 heteroatoms. The second-order valence-corrected chi connectivity index (χ2v) is 7.58. The number of carbonyl (C=O) groups excluding carboxylic acids is 3. The van der Waals surface area contributed by atoms with Crippen LogP contribution in [0.4, 0.5) is 5.69 Å². The number of rotatable bonds is 5. The molecule has 2 aromatic rings. The minimum atomic E-state index is -0.120. The summed E-state index contributed by atoms with van der Waals surface area (Å²) in [7, 11) is 0. The number of amides is 3. The molecule has 4 rings (SSSR count). The molecule has 0 spiro atoms. The van der Waals surface area contributed by atoms with Gasteiger partial charge >= 0.3 is 0 Å². The Hall–Kier alpha value is -3.09. The first kappa shape index (κ1) is 19.2. The van der Waals surface area contributed by atoms with Crippen LogP contribution < -0.4 is 10.2 Å². The number of anilines is 1. The number of likely N-dealkylation sites (tertiary alicyclic amines) is 1. The average Bonchev–Trinajstić information content (AvgIpc) is 3.44. The van der Waals surface area contributed by atoms with Crippen LogP contribution in [0.3, 0.4) is 0 Å². The lowest BCUT2D eigenvalue weighted by atomic mass is 9.95. The molecule has 152 valence electrons. The molecule has 0 unspecified atom stereocenters. The van der Waals surface area contributed by atoms with Gasteiger partial charge in [-0.2, -0.15) is 0 Å². The van der Waals surface area contributed by atoms with Crippen molar-refractivity contribution in [1.29, 1.82) is 0 Å². The summed E-state index contributed by atoms with van der Waals surface area (Å²) in [6.07, 6.45) is 4.30. The summed E-state index contributed by atoms with van der Waals surface area (Å²) >= 11 is 0. The molecule has 0 aliphatic carbocycles. The van der Waals surface area contributed by atoms with Gasteiger partial charge in [-0.3, -0.25) is 14.4 Å². The Morgan fingerprint density at radius 2 is 1.83 bits per heavy atom. The molecular weight excluding hydrogens is 370 g/mol. The van der Waals surface area contributed by atoms with E-state index in [2.05, 4.69) is 5.32 Å². The Balaban J connectivity index is 1.24. The van der Waals surface area contributed by atoms with E-state index in [0.717, 1.165) is 24.2 Å². The molecule has 0 bridgehead atoms. The van der Waals surface area contributed by atoms with Crippen LogP contribution in [-0.2, 0) is 16.1 Å². The van der Waals surface area contributed by atoms with Crippen LogP contribution in [0.1, 0.15) is 41.8 Å². The number of nitrogens with one attached hydrogen (secondary N) is 1. The Labute approximate surface area is 169 Å². The van der Waals surface area contributed by atoms with E-state index < -0.39 is 0 Å². The lowest BCUT2D eigenvalue weighted by Gasteiger charge is -2.30. The number of benzene rings is 1. The highest BCUT2D eigenvalue weighted by atomic mass is 16.3. The number of carbonyl (C=O) groups is 3. The van der Waals surface area contributed by atoms with Crippen molar-refractivity contribution < 1.29 is 18.8 Å². The van der Waals surface area contributed by atoms with Gasteiger partial charge in [0, 0.05) is 44.2 Å². The highest BCUT2D eigenvalue weighted by Crippen LogP contribution is 2.22. The lowest BCUT2D eigenvalue weighted by molar-refractivity contribution is -0.126. The minimum Gasteiger partial charge on any atom is -0.459 e. The molecule has 0 saturated carbocycles.